The number of hydrogen-bond acceptors (Lipinski definition) is 7. The van der Waals surface area contributed by atoms with Crippen LogP contribution in [-0.4, -0.2) is 45.8 Å². The van der Waals surface area contributed by atoms with Gasteiger partial charge in [0.05, 0.1) is 12.6 Å². The Morgan fingerprint density at radius 1 is 0.891 bits per heavy atom. The fourth-order valence-corrected chi connectivity index (χ4v) is 6.27. The van der Waals surface area contributed by atoms with Crippen LogP contribution in [-0.2, 0) is 10.3 Å². The van der Waals surface area contributed by atoms with Crippen LogP contribution in [0.3, 0.4) is 0 Å². The Morgan fingerprint density at radius 2 is 1.41 bits per heavy atom. The number of H-pyrrole nitrogens is 1. The minimum atomic E-state index is -1.59. The summed E-state index contributed by atoms with van der Waals surface area (Å²) in [5.41, 5.74) is 1.34. The van der Waals surface area contributed by atoms with E-state index in [1.807, 2.05) is 91.0 Å². The van der Waals surface area contributed by atoms with Crippen molar-refractivity contribution in [1.82, 2.24) is 14.9 Å². The molecule has 0 amide bonds. The number of Topliss-reactive ketones (excluding diaryl/α,β-unsaturated/α-hetero) is 1. The molecule has 0 spiro atoms. The first-order valence-corrected chi connectivity index (χ1v) is 15.1. The van der Waals surface area contributed by atoms with Gasteiger partial charge in [-0.3, -0.25) is 24.5 Å². The van der Waals surface area contributed by atoms with Crippen molar-refractivity contribution in [3.63, 3.8) is 0 Å². The quantitative estimate of drug-likeness (QED) is 0.158. The Morgan fingerprint density at radius 3 is 1.91 bits per heavy atom. The van der Waals surface area contributed by atoms with Crippen molar-refractivity contribution >= 4 is 5.78 Å². The summed E-state index contributed by atoms with van der Waals surface area (Å²) in [6.45, 7) is 1.60. The maximum atomic E-state index is 13.7. The van der Waals surface area contributed by atoms with Crippen LogP contribution in [0, 0.1) is 6.92 Å². The number of aryl methyl sites for hydroxylation is 1. The predicted molar refractivity (Wildman–Crippen MR) is 174 cm³/mol. The summed E-state index contributed by atoms with van der Waals surface area (Å²) in [6, 6.07) is 35.7. The molecule has 0 saturated carbocycles. The van der Waals surface area contributed by atoms with E-state index in [1.165, 1.54) is 17.9 Å². The molecule has 4 aromatic carbocycles. The summed E-state index contributed by atoms with van der Waals surface area (Å²) >= 11 is 0. The highest BCUT2D eigenvalue weighted by atomic mass is 16.5. The first kappa shape index (κ1) is 30.9. The van der Waals surface area contributed by atoms with E-state index < -0.39 is 47.0 Å². The lowest BCUT2D eigenvalue weighted by molar-refractivity contribution is -0.0559. The number of ketones is 1. The van der Waals surface area contributed by atoms with Crippen LogP contribution in [0.1, 0.15) is 45.3 Å². The second kappa shape index (κ2) is 13.1. The molecule has 0 radical (unpaired) electrons. The van der Waals surface area contributed by atoms with E-state index in [9.17, 15) is 19.5 Å². The zero-order valence-corrected chi connectivity index (χ0v) is 25.5. The molecule has 234 valence electrons. The number of nitrogens with zero attached hydrogens (tertiary/aromatic N) is 1. The number of ether oxygens (including phenoxy) is 2. The van der Waals surface area contributed by atoms with Gasteiger partial charge in [-0.1, -0.05) is 91.0 Å². The monoisotopic (exact) mass is 617 g/mol. The summed E-state index contributed by atoms with van der Waals surface area (Å²) < 4.78 is 13.0. The van der Waals surface area contributed by atoms with Crippen LogP contribution in [0.4, 0.5) is 0 Å². The molecule has 0 aliphatic carbocycles. The largest absolute Gasteiger partial charge is 0.497 e. The van der Waals surface area contributed by atoms with E-state index in [2.05, 4.69) is 10.3 Å². The molecule has 0 bridgehead atoms. The van der Waals surface area contributed by atoms with Crippen molar-refractivity contribution in [2.75, 3.05) is 7.11 Å². The first-order valence-electron chi connectivity index (χ1n) is 15.1. The van der Waals surface area contributed by atoms with Crippen LogP contribution in [0.25, 0.3) is 0 Å². The number of benzene rings is 4. The molecule has 4 atom stereocenters. The average molecular weight is 618 g/mol. The number of methoxy groups -OCH3 is 1. The van der Waals surface area contributed by atoms with E-state index >= 15 is 0 Å². The Labute approximate surface area is 266 Å². The van der Waals surface area contributed by atoms with E-state index in [0.717, 1.165) is 16.7 Å². The Bertz CT molecular complexity index is 1810. The van der Waals surface area contributed by atoms with Crippen molar-refractivity contribution in [3.05, 3.63) is 170 Å². The van der Waals surface area contributed by atoms with Crippen molar-refractivity contribution < 1.29 is 19.4 Å². The van der Waals surface area contributed by atoms with Crippen LogP contribution in [0.5, 0.6) is 5.75 Å². The summed E-state index contributed by atoms with van der Waals surface area (Å²) in [4.78, 5) is 41.3. The molecule has 1 fully saturated rings. The molecule has 1 saturated heterocycles. The molecule has 6 rings (SSSR count). The topological polar surface area (TPSA) is 123 Å². The number of carbonyl (C=O) groups is 1. The normalized spacial score (nSPS) is 18.6. The number of nitrogens with one attached hydrogen (secondary N) is 2. The highest BCUT2D eigenvalue weighted by molar-refractivity contribution is 5.99. The standard InChI is InChI=1S/C37H35N3O6/c1-24-23-40(36(44)38-35(24)43)31-22-30(34(46-31)33(42)32(41)25-18-20-29(45-2)21-19-25)39-37(26-12-6-3-7-13-26,27-14-8-4-9-15-27)28-16-10-5-11-17-28/h3-21,23,30-31,33-34,39,42H,22H2,1-2H3,(H,38,43,44)/t30?,31-,33?,34+/m1/s1. The zero-order valence-electron chi connectivity index (χ0n) is 25.5. The predicted octanol–water partition coefficient (Wildman–Crippen LogP) is 4.34. The molecular weight excluding hydrogens is 582 g/mol. The van der Waals surface area contributed by atoms with Gasteiger partial charge in [0.1, 0.15) is 24.2 Å². The van der Waals surface area contributed by atoms with E-state index in [-0.39, 0.29) is 12.0 Å². The highest BCUT2D eigenvalue weighted by Crippen LogP contribution is 2.41. The minimum Gasteiger partial charge on any atom is -0.497 e. The van der Waals surface area contributed by atoms with Crippen molar-refractivity contribution in [2.24, 2.45) is 0 Å². The second-order valence-electron chi connectivity index (χ2n) is 11.4. The summed E-state index contributed by atoms with van der Waals surface area (Å²) in [5, 5.41) is 15.6. The fraction of sp³-hybridized carbons (Fsp3) is 0.216. The smallest absolute Gasteiger partial charge is 0.330 e. The van der Waals surface area contributed by atoms with Gasteiger partial charge in [-0.05, 0) is 47.9 Å². The Kier molecular flexibility index (Phi) is 8.81. The third kappa shape index (κ3) is 5.83. The number of hydrogen-bond donors (Lipinski definition) is 3. The lowest BCUT2D eigenvalue weighted by Gasteiger charge is -2.40. The molecule has 9 heteroatoms. The number of aromatic amines is 1. The van der Waals surface area contributed by atoms with Crippen LogP contribution in [0.15, 0.2) is 131 Å². The molecule has 5 aromatic rings. The van der Waals surface area contributed by atoms with Gasteiger partial charge in [0.2, 0.25) is 0 Å². The molecule has 3 N–H and O–H groups in total. The molecule has 1 aromatic heterocycles. The van der Waals surface area contributed by atoms with E-state index in [0.29, 0.717) is 11.3 Å². The van der Waals surface area contributed by atoms with E-state index in [1.54, 1.807) is 31.2 Å². The Balaban J connectivity index is 1.49. The third-order valence-corrected chi connectivity index (χ3v) is 8.60. The van der Waals surface area contributed by atoms with Crippen molar-refractivity contribution in [1.29, 1.82) is 0 Å². The lowest BCUT2D eigenvalue weighted by atomic mass is 9.76. The second-order valence-corrected chi connectivity index (χ2v) is 11.4. The summed E-state index contributed by atoms with van der Waals surface area (Å²) in [7, 11) is 1.54. The third-order valence-electron chi connectivity index (χ3n) is 8.60. The molecule has 2 heterocycles. The number of aromatic nitrogens is 2. The van der Waals surface area contributed by atoms with Crippen LogP contribution < -0.4 is 21.3 Å². The highest BCUT2D eigenvalue weighted by Gasteiger charge is 2.48. The lowest BCUT2D eigenvalue weighted by Crippen LogP contribution is -2.55. The maximum Gasteiger partial charge on any atom is 0.330 e. The number of aliphatic hydroxyl groups is 1. The molecule has 1 aliphatic rings. The fourth-order valence-electron chi connectivity index (χ4n) is 6.27. The average Bonchev–Trinajstić information content (AvgIpc) is 3.52. The Hall–Kier alpha value is -5.09. The van der Waals surface area contributed by atoms with E-state index in [4.69, 9.17) is 9.47 Å². The molecule has 1 aliphatic heterocycles. The maximum absolute atomic E-state index is 13.7. The summed E-state index contributed by atoms with van der Waals surface area (Å²) in [5.74, 6) is 0.0452. The van der Waals surface area contributed by atoms with Gasteiger partial charge in [-0.25, -0.2) is 4.79 Å². The van der Waals surface area contributed by atoms with Gasteiger partial charge >= 0.3 is 5.69 Å². The van der Waals surface area contributed by atoms with Gasteiger partial charge in [0, 0.05) is 29.8 Å². The van der Waals surface area contributed by atoms with Gasteiger partial charge in [0.25, 0.3) is 5.56 Å². The van der Waals surface area contributed by atoms with Gasteiger partial charge in [-0.15, -0.1) is 0 Å². The van der Waals surface area contributed by atoms with Gasteiger partial charge in [-0.2, -0.15) is 0 Å². The molecule has 2 unspecified atom stereocenters. The number of carbonyl (C=O) groups excluding carboxylic acids is 1. The minimum absolute atomic E-state index is 0.206. The molecular formula is C37H35N3O6. The van der Waals surface area contributed by atoms with Crippen molar-refractivity contribution in [3.8, 4) is 5.75 Å². The number of aliphatic hydroxyl groups excluding tert-OH is 1. The van der Waals surface area contributed by atoms with Crippen molar-refractivity contribution in [2.45, 2.75) is 43.4 Å². The molecule has 46 heavy (non-hydrogen) atoms. The van der Waals surface area contributed by atoms with Crippen LogP contribution in [0.2, 0.25) is 0 Å². The SMILES string of the molecule is COc1ccc(C(=O)C(O)[C@H]2O[C@@H](n3cc(C)c(=O)[nH]c3=O)CC2NC(c2ccccc2)(c2ccccc2)c2ccccc2)cc1. The van der Waals surface area contributed by atoms with Gasteiger partial charge in [0.15, 0.2) is 5.78 Å². The first-order chi connectivity index (χ1) is 22.3. The zero-order chi connectivity index (χ0) is 32.3. The molecule has 9 nitrogen and oxygen atoms in total. The van der Waals surface area contributed by atoms with Gasteiger partial charge < -0.3 is 14.6 Å². The summed E-state index contributed by atoms with van der Waals surface area (Å²) in [6.07, 6.45) is -1.90. The van der Waals surface area contributed by atoms with Crippen LogP contribution >= 0.6 is 0 Å². The number of rotatable bonds is 10.